The monoisotopic (exact) mass is 455 g/mol. The molecule has 0 bridgehead atoms. The second-order valence-electron chi connectivity index (χ2n) is 7.26. The molecule has 1 fully saturated rings. The second kappa shape index (κ2) is 9.49. The molecule has 0 unspecified atom stereocenters. The standard InChI is InChI=1S/C23H22ClN3O3S/c1-30-17-8-5-15(6-9-17)22-26-20(14-31-22)21(28)25-19-13-16(24)7-10-18(19)23(29)27-11-3-2-4-12-27/h5-10,13-14H,2-4,11-12H2,1H3,(H,25,28). The first kappa shape index (κ1) is 21.3. The van der Waals surface area contributed by atoms with E-state index in [-0.39, 0.29) is 17.5 Å². The number of ether oxygens (including phenoxy) is 1. The Hall–Kier alpha value is -2.90. The van der Waals surface area contributed by atoms with Crippen molar-refractivity contribution in [3.8, 4) is 16.3 Å². The van der Waals surface area contributed by atoms with Gasteiger partial charge < -0.3 is 15.0 Å². The van der Waals surface area contributed by atoms with Crippen LogP contribution in [0, 0.1) is 0 Å². The highest BCUT2D eigenvalue weighted by Gasteiger charge is 2.22. The van der Waals surface area contributed by atoms with Crippen LogP contribution in [0.4, 0.5) is 5.69 Å². The average Bonchev–Trinajstić information content (AvgIpc) is 3.30. The van der Waals surface area contributed by atoms with E-state index in [1.54, 1.807) is 30.7 Å². The number of carbonyl (C=O) groups is 2. The molecule has 160 valence electrons. The molecule has 31 heavy (non-hydrogen) atoms. The van der Waals surface area contributed by atoms with Crippen molar-refractivity contribution in [1.82, 2.24) is 9.88 Å². The third-order valence-electron chi connectivity index (χ3n) is 5.18. The Morgan fingerprint density at radius 3 is 2.55 bits per heavy atom. The second-order valence-corrected chi connectivity index (χ2v) is 8.56. The Morgan fingerprint density at radius 2 is 1.84 bits per heavy atom. The van der Waals surface area contributed by atoms with Gasteiger partial charge in [-0.3, -0.25) is 9.59 Å². The van der Waals surface area contributed by atoms with Crippen LogP contribution in [-0.4, -0.2) is 41.9 Å². The lowest BCUT2D eigenvalue weighted by molar-refractivity contribution is 0.0725. The molecule has 1 saturated heterocycles. The molecule has 3 aromatic rings. The summed E-state index contributed by atoms with van der Waals surface area (Å²) in [5, 5.41) is 5.70. The minimum Gasteiger partial charge on any atom is -0.497 e. The van der Waals surface area contributed by atoms with Crippen molar-refractivity contribution < 1.29 is 14.3 Å². The summed E-state index contributed by atoms with van der Waals surface area (Å²) in [5.41, 5.74) is 2.01. The number of hydrogen-bond acceptors (Lipinski definition) is 5. The summed E-state index contributed by atoms with van der Waals surface area (Å²) in [6, 6.07) is 12.4. The van der Waals surface area contributed by atoms with E-state index in [4.69, 9.17) is 16.3 Å². The van der Waals surface area contributed by atoms with Gasteiger partial charge in [0.25, 0.3) is 11.8 Å². The first-order valence-electron chi connectivity index (χ1n) is 10.1. The molecule has 6 nitrogen and oxygen atoms in total. The normalized spacial score (nSPS) is 13.7. The highest BCUT2D eigenvalue weighted by atomic mass is 35.5. The molecule has 8 heteroatoms. The molecule has 1 aliphatic heterocycles. The summed E-state index contributed by atoms with van der Waals surface area (Å²) in [4.78, 5) is 32.1. The summed E-state index contributed by atoms with van der Waals surface area (Å²) < 4.78 is 5.18. The van der Waals surface area contributed by atoms with Crippen LogP contribution in [0.15, 0.2) is 47.8 Å². The lowest BCUT2D eigenvalue weighted by atomic mass is 10.1. The number of nitrogens with zero attached hydrogens (tertiary/aromatic N) is 2. The molecule has 0 saturated carbocycles. The molecule has 0 spiro atoms. The lowest BCUT2D eigenvalue weighted by Gasteiger charge is -2.27. The van der Waals surface area contributed by atoms with E-state index in [1.807, 2.05) is 29.2 Å². The molecule has 1 aliphatic rings. The number of benzene rings is 2. The van der Waals surface area contributed by atoms with E-state index in [9.17, 15) is 9.59 Å². The Balaban J connectivity index is 1.54. The van der Waals surface area contributed by atoms with Gasteiger partial charge in [0.05, 0.1) is 18.4 Å². The lowest BCUT2D eigenvalue weighted by Crippen LogP contribution is -2.36. The number of amides is 2. The first-order chi connectivity index (χ1) is 15.0. The minimum atomic E-state index is -0.383. The van der Waals surface area contributed by atoms with Crippen LogP contribution < -0.4 is 10.1 Å². The predicted molar refractivity (Wildman–Crippen MR) is 123 cm³/mol. The number of likely N-dealkylation sites (tertiary alicyclic amines) is 1. The molecule has 0 radical (unpaired) electrons. The van der Waals surface area contributed by atoms with Gasteiger partial charge in [-0.2, -0.15) is 0 Å². The fourth-order valence-corrected chi connectivity index (χ4v) is 4.48. The smallest absolute Gasteiger partial charge is 0.275 e. The Morgan fingerprint density at radius 1 is 1.10 bits per heavy atom. The van der Waals surface area contributed by atoms with Gasteiger partial charge in [-0.15, -0.1) is 11.3 Å². The molecular weight excluding hydrogens is 434 g/mol. The molecule has 0 aliphatic carbocycles. The Labute approximate surface area is 189 Å². The maximum Gasteiger partial charge on any atom is 0.275 e. The van der Waals surface area contributed by atoms with Gasteiger partial charge in [0.2, 0.25) is 0 Å². The average molecular weight is 456 g/mol. The molecule has 1 N–H and O–H groups in total. The van der Waals surface area contributed by atoms with E-state index in [1.165, 1.54) is 11.3 Å². The molecular formula is C23H22ClN3O3S. The highest BCUT2D eigenvalue weighted by Crippen LogP contribution is 2.28. The fraction of sp³-hybridized carbons (Fsp3) is 0.261. The van der Waals surface area contributed by atoms with Crippen molar-refractivity contribution in [3.63, 3.8) is 0 Å². The van der Waals surface area contributed by atoms with E-state index in [2.05, 4.69) is 10.3 Å². The van der Waals surface area contributed by atoms with E-state index < -0.39 is 0 Å². The van der Waals surface area contributed by atoms with Crippen molar-refractivity contribution in [1.29, 1.82) is 0 Å². The van der Waals surface area contributed by atoms with Crippen molar-refractivity contribution in [3.05, 3.63) is 64.1 Å². The summed E-state index contributed by atoms with van der Waals surface area (Å²) in [6.45, 7) is 1.46. The molecule has 0 atom stereocenters. The first-order valence-corrected chi connectivity index (χ1v) is 11.3. The fourth-order valence-electron chi connectivity index (χ4n) is 3.50. The molecule has 2 aromatic carbocycles. The van der Waals surface area contributed by atoms with Crippen LogP contribution >= 0.6 is 22.9 Å². The number of carbonyl (C=O) groups excluding carboxylic acids is 2. The summed E-state index contributed by atoms with van der Waals surface area (Å²) in [5.74, 6) is 0.278. The third kappa shape index (κ3) is 4.89. The zero-order valence-corrected chi connectivity index (χ0v) is 18.6. The zero-order chi connectivity index (χ0) is 21.8. The third-order valence-corrected chi connectivity index (χ3v) is 6.30. The quantitative estimate of drug-likeness (QED) is 0.562. The molecule has 2 amide bonds. The van der Waals surface area contributed by atoms with Crippen molar-refractivity contribution in [2.24, 2.45) is 0 Å². The number of halogens is 1. The zero-order valence-electron chi connectivity index (χ0n) is 17.1. The summed E-state index contributed by atoms with van der Waals surface area (Å²) in [7, 11) is 1.61. The van der Waals surface area contributed by atoms with Gasteiger partial charge in [0, 0.05) is 29.1 Å². The number of hydrogen-bond donors (Lipinski definition) is 1. The molecule has 4 rings (SSSR count). The van der Waals surface area contributed by atoms with Crippen molar-refractivity contribution in [2.45, 2.75) is 19.3 Å². The highest BCUT2D eigenvalue weighted by molar-refractivity contribution is 7.13. The van der Waals surface area contributed by atoms with Crippen molar-refractivity contribution >= 4 is 40.4 Å². The largest absolute Gasteiger partial charge is 0.497 e. The van der Waals surface area contributed by atoms with Gasteiger partial charge in [0.15, 0.2) is 0 Å². The van der Waals surface area contributed by atoms with Gasteiger partial charge >= 0.3 is 0 Å². The van der Waals surface area contributed by atoms with E-state index in [0.717, 1.165) is 48.7 Å². The number of thiazole rings is 1. The van der Waals surface area contributed by atoms with Crippen LogP contribution in [0.2, 0.25) is 5.02 Å². The number of nitrogens with one attached hydrogen (secondary N) is 1. The minimum absolute atomic E-state index is 0.0936. The number of anilines is 1. The van der Waals surface area contributed by atoms with E-state index in [0.29, 0.717) is 16.3 Å². The van der Waals surface area contributed by atoms with Crippen LogP contribution in [-0.2, 0) is 0 Å². The van der Waals surface area contributed by atoms with Crippen LogP contribution in [0.1, 0.15) is 40.1 Å². The van der Waals surface area contributed by atoms with Gasteiger partial charge in [-0.1, -0.05) is 11.6 Å². The van der Waals surface area contributed by atoms with Crippen LogP contribution in [0.25, 0.3) is 10.6 Å². The number of aromatic nitrogens is 1. The maximum atomic E-state index is 13.0. The molecule has 2 heterocycles. The van der Waals surface area contributed by atoms with Crippen LogP contribution in [0.3, 0.4) is 0 Å². The SMILES string of the molecule is COc1ccc(-c2nc(C(=O)Nc3cc(Cl)ccc3C(=O)N3CCCCC3)cs2)cc1. The summed E-state index contributed by atoms with van der Waals surface area (Å²) in [6.07, 6.45) is 3.12. The predicted octanol–water partition coefficient (Wildman–Crippen LogP) is 5.35. The number of methoxy groups -OCH3 is 1. The molecule has 1 aromatic heterocycles. The van der Waals surface area contributed by atoms with Gasteiger partial charge in [-0.05, 0) is 61.7 Å². The summed E-state index contributed by atoms with van der Waals surface area (Å²) >= 11 is 7.52. The Bertz CT molecular complexity index is 1090. The Kier molecular flexibility index (Phi) is 6.53. The van der Waals surface area contributed by atoms with Gasteiger partial charge in [0.1, 0.15) is 16.5 Å². The maximum absolute atomic E-state index is 13.0. The van der Waals surface area contributed by atoms with E-state index >= 15 is 0 Å². The van der Waals surface area contributed by atoms with Gasteiger partial charge in [-0.25, -0.2) is 4.98 Å². The number of rotatable bonds is 5. The van der Waals surface area contributed by atoms with Crippen LogP contribution in [0.5, 0.6) is 5.75 Å². The number of piperidine rings is 1. The topological polar surface area (TPSA) is 71.5 Å². The van der Waals surface area contributed by atoms with Crippen molar-refractivity contribution in [2.75, 3.05) is 25.5 Å².